The summed E-state index contributed by atoms with van der Waals surface area (Å²) in [6, 6.07) is 7.02. The number of nitrogens with zero attached hydrogens (tertiary/aromatic N) is 1. The minimum atomic E-state index is -0.542. The van der Waals surface area contributed by atoms with Crippen molar-refractivity contribution in [3.05, 3.63) is 24.3 Å². The molecule has 5 nitrogen and oxygen atoms in total. The van der Waals surface area contributed by atoms with Crippen LogP contribution in [0.5, 0.6) is 0 Å². The van der Waals surface area contributed by atoms with Gasteiger partial charge in [0.15, 0.2) is 0 Å². The molecule has 7 heteroatoms. The lowest BCUT2D eigenvalue weighted by atomic mass is 10.2. The van der Waals surface area contributed by atoms with E-state index in [0.29, 0.717) is 17.8 Å². The lowest BCUT2D eigenvalue weighted by Crippen LogP contribution is -2.34. The number of rotatable bonds is 5. The molecule has 0 heterocycles. The van der Waals surface area contributed by atoms with Crippen LogP contribution in [0.2, 0.25) is 0 Å². The number of carbonyl (C=O) groups is 2. The van der Waals surface area contributed by atoms with Gasteiger partial charge in [0.2, 0.25) is 5.91 Å². The molecule has 1 unspecified atom stereocenters. The van der Waals surface area contributed by atoms with Gasteiger partial charge in [-0.2, -0.15) is 0 Å². The van der Waals surface area contributed by atoms with E-state index < -0.39 is 11.7 Å². The first kappa shape index (κ1) is 20.0. The summed E-state index contributed by atoms with van der Waals surface area (Å²) in [5.41, 5.74) is 0.822. The van der Waals surface area contributed by atoms with Gasteiger partial charge in [-0.15, -0.1) is 0 Å². The van der Waals surface area contributed by atoms with Crippen LogP contribution >= 0.6 is 31.9 Å². The Labute approximate surface area is 154 Å². The Morgan fingerprint density at radius 3 is 2.30 bits per heavy atom. The molecule has 1 aromatic carbocycles. The molecule has 0 bridgehead atoms. The quantitative estimate of drug-likeness (QED) is 0.671. The van der Waals surface area contributed by atoms with Crippen LogP contribution in [0.1, 0.15) is 27.2 Å². The van der Waals surface area contributed by atoms with E-state index in [2.05, 4.69) is 37.2 Å². The zero-order valence-corrected chi connectivity index (χ0v) is 16.9. The second kappa shape index (κ2) is 8.68. The number of benzene rings is 1. The monoisotopic (exact) mass is 448 g/mol. The van der Waals surface area contributed by atoms with E-state index in [1.54, 1.807) is 31.3 Å². The lowest BCUT2D eigenvalue weighted by molar-refractivity contribution is -0.115. The van der Waals surface area contributed by atoms with Gasteiger partial charge >= 0.3 is 6.09 Å². The van der Waals surface area contributed by atoms with E-state index in [9.17, 15) is 9.59 Å². The summed E-state index contributed by atoms with van der Waals surface area (Å²) in [5.74, 6) is -0.0994. The predicted octanol–water partition coefficient (Wildman–Crippen LogP) is 4.54. The highest BCUT2D eigenvalue weighted by atomic mass is 79.9. The fourth-order valence-corrected chi connectivity index (χ4v) is 3.07. The summed E-state index contributed by atoms with van der Waals surface area (Å²) in [6.07, 6.45) is 0.276. The number of hydrogen-bond donors (Lipinski definition) is 1. The maximum absolute atomic E-state index is 12.0. The van der Waals surface area contributed by atoms with Gasteiger partial charge in [-0.05, 0) is 51.5 Å². The minimum Gasteiger partial charge on any atom is -0.443 e. The third kappa shape index (κ3) is 6.91. The lowest BCUT2D eigenvalue weighted by Gasteiger charge is -2.24. The Hall–Kier alpha value is -1.08. The molecule has 2 amide bonds. The molecular formula is C16H22Br2N2O3. The number of anilines is 2. The van der Waals surface area contributed by atoms with Crippen LogP contribution < -0.4 is 10.2 Å². The van der Waals surface area contributed by atoms with Gasteiger partial charge in [-0.25, -0.2) is 4.79 Å². The Morgan fingerprint density at radius 1 is 1.26 bits per heavy atom. The molecule has 0 aliphatic carbocycles. The first-order chi connectivity index (χ1) is 10.6. The van der Waals surface area contributed by atoms with Crippen molar-refractivity contribution in [1.29, 1.82) is 0 Å². The third-order valence-electron chi connectivity index (χ3n) is 2.84. The second-order valence-electron chi connectivity index (χ2n) is 6.02. The van der Waals surface area contributed by atoms with Crippen LogP contribution in [0.4, 0.5) is 16.2 Å². The van der Waals surface area contributed by atoms with Crippen LogP contribution in [-0.2, 0) is 9.53 Å². The zero-order valence-electron chi connectivity index (χ0n) is 13.7. The molecule has 1 atom stereocenters. The van der Waals surface area contributed by atoms with Crippen LogP contribution in [0.3, 0.4) is 0 Å². The van der Waals surface area contributed by atoms with Crippen molar-refractivity contribution in [1.82, 2.24) is 0 Å². The molecule has 1 N–H and O–H groups in total. The maximum atomic E-state index is 12.0. The second-order valence-corrected chi connectivity index (χ2v) is 7.92. The highest BCUT2D eigenvalue weighted by Gasteiger charge is 2.20. The first-order valence-electron chi connectivity index (χ1n) is 7.21. The number of carbonyl (C=O) groups excluding carboxylic acids is 2. The number of hydrogen-bond acceptors (Lipinski definition) is 3. The van der Waals surface area contributed by atoms with Crippen molar-refractivity contribution in [2.45, 2.75) is 37.6 Å². The number of halogens is 2. The van der Waals surface area contributed by atoms with Crippen molar-refractivity contribution >= 4 is 55.2 Å². The maximum Gasteiger partial charge on any atom is 0.414 e. The summed E-state index contributed by atoms with van der Waals surface area (Å²) in [7, 11) is 1.65. The molecule has 0 aliphatic heterocycles. The normalized spacial score (nSPS) is 12.4. The summed E-state index contributed by atoms with van der Waals surface area (Å²) in [5, 5.41) is 3.56. The van der Waals surface area contributed by atoms with Gasteiger partial charge in [0.25, 0.3) is 0 Å². The molecule has 0 saturated carbocycles. The Balaban J connectivity index is 2.69. The molecule has 0 fully saturated rings. The van der Waals surface area contributed by atoms with Crippen molar-refractivity contribution < 1.29 is 14.3 Å². The van der Waals surface area contributed by atoms with Crippen LogP contribution in [0.25, 0.3) is 0 Å². The van der Waals surface area contributed by atoms with Gasteiger partial charge in [-0.1, -0.05) is 31.9 Å². The Kier molecular flexibility index (Phi) is 7.54. The van der Waals surface area contributed by atoms with E-state index in [1.165, 1.54) is 4.90 Å². The molecule has 0 radical (unpaired) electrons. The number of amides is 2. The molecular weight excluding hydrogens is 428 g/mol. The van der Waals surface area contributed by atoms with Crippen molar-refractivity contribution in [2.75, 3.05) is 22.6 Å². The van der Waals surface area contributed by atoms with E-state index in [-0.39, 0.29) is 10.7 Å². The van der Waals surface area contributed by atoms with E-state index in [0.717, 1.165) is 5.33 Å². The van der Waals surface area contributed by atoms with Crippen LogP contribution in [0, 0.1) is 0 Å². The van der Waals surface area contributed by atoms with Gasteiger partial charge in [0, 0.05) is 23.8 Å². The van der Waals surface area contributed by atoms with Crippen LogP contribution in [0.15, 0.2) is 24.3 Å². The van der Waals surface area contributed by atoms with Crippen molar-refractivity contribution in [3.63, 3.8) is 0 Å². The summed E-state index contributed by atoms with van der Waals surface area (Å²) < 4.78 is 5.31. The molecule has 1 aromatic rings. The highest BCUT2D eigenvalue weighted by molar-refractivity contribution is 9.10. The molecule has 0 aromatic heterocycles. The highest BCUT2D eigenvalue weighted by Crippen LogP contribution is 2.20. The van der Waals surface area contributed by atoms with Gasteiger partial charge in [-0.3, -0.25) is 9.69 Å². The molecule has 0 saturated heterocycles. The third-order valence-corrected chi connectivity index (χ3v) is 4.17. The molecule has 128 valence electrons. The van der Waals surface area contributed by atoms with E-state index in [1.807, 2.05) is 20.8 Å². The number of nitrogens with one attached hydrogen (secondary N) is 1. The molecule has 0 spiro atoms. The summed E-state index contributed by atoms with van der Waals surface area (Å²) in [6.45, 7) is 5.46. The van der Waals surface area contributed by atoms with E-state index >= 15 is 0 Å². The molecule has 23 heavy (non-hydrogen) atoms. The number of ether oxygens (including phenoxy) is 1. The Bertz CT molecular complexity index is 541. The standard InChI is InChI=1S/C16H22Br2N2O3/c1-16(2,3)23-15(22)20(4)12-7-5-11(6-8-12)19-14(21)13(18)9-10-17/h5-8,13H,9-10H2,1-4H3,(H,19,21). The fourth-order valence-electron chi connectivity index (χ4n) is 1.65. The van der Waals surface area contributed by atoms with Gasteiger partial charge in [0.05, 0.1) is 4.83 Å². The zero-order chi connectivity index (χ0) is 17.6. The van der Waals surface area contributed by atoms with E-state index in [4.69, 9.17) is 4.74 Å². The topological polar surface area (TPSA) is 58.6 Å². The largest absolute Gasteiger partial charge is 0.443 e. The molecule has 0 aliphatic rings. The first-order valence-corrected chi connectivity index (χ1v) is 9.25. The number of alkyl halides is 2. The van der Waals surface area contributed by atoms with Gasteiger partial charge in [0.1, 0.15) is 5.60 Å². The van der Waals surface area contributed by atoms with Crippen molar-refractivity contribution in [2.24, 2.45) is 0 Å². The van der Waals surface area contributed by atoms with Gasteiger partial charge < -0.3 is 10.1 Å². The average Bonchev–Trinajstić information content (AvgIpc) is 2.45. The van der Waals surface area contributed by atoms with Crippen LogP contribution in [-0.4, -0.2) is 34.8 Å². The fraction of sp³-hybridized carbons (Fsp3) is 0.500. The average molecular weight is 450 g/mol. The van der Waals surface area contributed by atoms with Crippen molar-refractivity contribution in [3.8, 4) is 0 Å². The summed E-state index contributed by atoms with van der Waals surface area (Å²) in [4.78, 5) is 25.1. The predicted molar refractivity (Wildman–Crippen MR) is 101 cm³/mol. The SMILES string of the molecule is CN(C(=O)OC(C)(C)C)c1ccc(NC(=O)C(Br)CCBr)cc1. The smallest absolute Gasteiger partial charge is 0.414 e. The summed E-state index contributed by atoms with van der Waals surface area (Å²) >= 11 is 6.64. The minimum absolute atomic E-state index is 0.0994. The molecule has 1 rings (SSSR count). The Morgan fingerprint density at radius 2 is 1.83 bits per heavy atom.